The molecule has 1 rings (SSSR count). The number of halogens is 3. The highest BCUT2D eigenvalue weighted by atomic mass is 35.5. The van der Waals surface area contributed by atoms with Gasteiger partial charge in [-0.15, -0.1) is 12.4 Å². The lowest BCUT2D eigenvalue weighted by atomic mass is 10.0. The molecule has 80 valence electrons. The van der Waals surface area contributed by atoms with Crippen LogP contribution in [0.25, 0.3) is 0 Å². The highest BCUT2D eigenvalue weighted by molar-refractivity contribution is 5.85. The van der Waals surface area contributed by atoms with Gasteiger partial charge in [0.15, 0.2) is 0 Å². The fraction of sp³-hybridized carbons (Fsp3) is 0.400. The van der Waals surface area contributed by atoms with Crippen LogP contribution in [0, 0.1) is 11.6 Å². The Morgan fingerprint density at radius 2 is 1.79 bits per heavy atom. The van der Waals surface area contributed by atoms with Gasteiger partial charge in [-0.25, -0.2) is 8.78 Å². The Balaban J connectivity index is 0.00000169. The normalized spacial score (nSPS) is 12.0. The topological polar surface area (TPSA) is 26.0 Å². The molecule has 0 aliphatic heterocycles. The summed E-state index contributed by atoms with van der Waals surface area (Å²) in [5, 5.41) is 0. The largest absolute Gasteiger partial charge is 0.324 e. The van der Waals surface area contributed by atoms with Crippen LogP contribution in [0.2, 0.25) is 0 Å². The van der Waals surface area contributed by atoms with Crippen LogP contribution >= 0.6 is 12.4 Å². The van der Waals surface area contributed by atoms with Gasteiger partial charge in [-0.1, -0.05) is 19.4 Å². The predicted octanol–water partition coefficient (Wildman–Crippen LogP) is 3.19. The molecular formula is C10H14ClF2N. The van der Waals surface area contributed by atoms with Gasteiger partial charge in [-0.05, 0) is 18.6 Å². The summed E-state index contributed by atoms with van der Waals surface area (Å²) in [6.45, 7) is 1.93. The van der Waals surface area contributed by atoms with E-state index in [-0.39, 0.29) is 18.0 Å². The number of nitrogens with two attached hydrogens (primary N) is 1. The van der Waals surface area contributed by atoms with Gasteiger partial charge < -0.3 is 5.73 Å². The number of benzene rings is 1. The van der Waals surface area contributed by atoms with Gasteiger partial charge in [0.1, 0.15) is 11.6 Å². The second kappa shape index (κ2) is 5.94. The molecule has 0 radical (unpaired) electrons. The van der Waals surface area contributed by atoms with Crippen LogP contribution in [-0.4, -0.2) is 0 Å². The van der Waals surface area contributed by atoms with E-state index >= 15 is 0 Å². The highest BCUT2D eigenvalue weighted by Crippen LogP contribution is 2.21. The summed E-state index contributed by atoms with van der Waals surface area (Å²) in [6.07, 6.45) is 1.41. The quantitative estimate of drug-likeness (QED) is 0.834. The van der Waals surface area contributed by atoms with Crippen molar-refractivity contribution in [2.24, 2.45) is 5.73 Å². The SMILES string of the molecule is CCC[C@H](N)c1c(F)cccc1F.Cl. The minimum atomic E-state index is -0.555. The van der Waals surface area contributed by atoms with Gasteiger partial charge in [0, 0.05) is 11.6 Å². The molecule has 0 spiro atoms. The molecule has 4 heteroatoms. The van der Waals surface area contributed by atoms with E-state index in [4.69, 9.17) is 5.73 Å². The smallest absolute Gasteiger partial charge is 0.130 e. The van der Waals surface area contributed by atoms with E-state index in [0.29, 0.717) is 6.42 Å². The van der Waals surface area contributed by atoms with Crippen molar-refractivity contribution in [3.05, 3.63) is 35.4 Å². The van der Waals surface area contributed by atoms with Crippen LogP contribution in [0.5, 0.6) is 0 Å². The number of rotatable bonds is 3. The Labute approximate surface area is 88.7 Å². The fourth-order valence-corrected chi connectivity index (χ4v) is 1.32. The maximum Gasteiger partial charge on any atom is 0.130 e. The standard InChI is InChI=1S/C10H13F2N.ClH/c1-2-4-9(13)10-7(11)5-3-6-8(10)12;/h3,5-6,9H,2,4,13H2,1H3;1H/t9-;/m0./s1. The van der Waals surface area contributed by atoms with Crippen LogP contribution in [0.3, 0.4) is 0 Å². The molecule has 2 N–H and O–H groups in total. The van der Waals surface area contributed by atoms with Crippen molar-refractivity contribution < 1.29 is 8.78 Å². The lowest BCUT2D eigenvalue weighted by Gasteiger charge is -2.12. The number of hydrogen-bond donors (Lipinski definition) is 1. The summed E-state index contributed by atoms with van der Waals surface area (Å²) in [5.74, 6) is -1.11. The first-order valence-electron chi connectivity index (χ1n) is 4.36. The van der Waals surface area contributed by atoms with Crippen LogP contribution in [-0.2, 0) is 0 Å². The van der Waals surface area contributed by atoms with E-state index in [1.54, 1.807) is 0 Å². The van der Waals surface area contributed by atoms with Crippen LogP contribution < -0.4 is 5.73 Å². The maximum atomic E-state index is 13.1. The summed E-state index contributed by atoms with van der Waals surface area (Å²) in [6, 6.07) is 3.26. The average Bonchev–Trinajstić information content (AvgIpc) is 2.04. The van der Waals surface area contributed by atoms with Gasteiger partial charge in [-0.2, -0.15) is 0 Å². The lowest BCUT2D eigenvalue weighted by Crippen LogP contribution is -2.13. The molecule has 0 bridgehead atoms. The Morgan fingerprint density at radius 3 is 2.21 bits per heavy atom. The van der Waals surface area contributed by atoms with E-state index in [9.17, 15) is 8.78 Å². The fourth-order valence-electron chi connectivity index (χ4n) is 1.32. The lowest BCUT2D eigenvalue weighted by molar-refractivity contribution is 0.510. The van der Waals surface area contributed by atoms with Crippen LogP contribution in [0.4, 0.5) is 8.78 Å². The van der Waals surface area contributed by atoms with Crippen LogP contribution in [0.15, 0.2) is 18.2 Å². The molecule has 0 aromatic heterocycles. The molecular weight excluding hydrogens is 208 g/mol. The zero-order chi connectivity index (χ0) is 9.84. The molecule has 0 heterocycles. The summed E-state index contributed by atoms with van der Waals surface area (Å²) < 4.78 is 26.2. The van der Waals surface area contributed by atoms with E-state index < -0.39 is 17.7 Å². The van der Waals surface area contributed by atoms with E-state index in [0.717, 1.165) is 6.42 Å². The molecule has 1 nitrogen and oxygen atoms in total. The molecule has 1 aromatic rings. The first-order valence-corrected chi connectivity index (χ1v) is 4.36. The van der Waals surface area contributed by atoms with Crippen molar-refractivity contribution in [2.75, 3.05) is 0 Å². The molecule has 1 aromatic carbocycles. The summed E-state index contributed by atoms with van der Waals surface area (Å²) >= 11 is 0. The van der Waals surface area contributed by atoms with Gasteiger partial charge in [-0.3, -0.25) is 0 Å². The molecule has 0 fully saturated rings. The van der Waals surface area contributed by atoms with Crippen molar-refractivity contribution in [3.63, 3.8) is 0 Å². The first-order chi connectivity index (χ1) is 6.16. The average molecular weight is 222 g/mol. The molecule has 1 atom stereocenters. The Kier molecular flexibility index (Phi) is 5.65. The predicted molar refractivity (Wildman–Crippen MR) is 55.4 cm³/mol. The Morgan fingerprint density at radius 1 is 1.29 bits per heavy atom. The number of hydrogen-bond acceptors (Lipinski definition) is 1. The zero-order valence-electron chi connectivity index (χ0n) is 7.97. The van der Waals surface area contributed by atoms with Gasteiger partial charge in [0.05, 0.1) is 0 Å². The van der Waals surface area contributed by atoms with Crippen molar-refractivity contribution >= 4 is 12.4 Å². The summed E-state index contributed by atoms with van der Waals surface area (Å²) in [7, 11) is 0. The molecule has 0 aliphatic carbocycles. The maximum absolute atomic E-state index is 13.1. The monoisotopic (exact) mass is 221 g/mol. The Bertz CT molecular complexity index is 271. The van der Waals surface area contributed by atoms with Crippen LogP contribution in [0.1, 0.15) is 31.4 Å². The van der Waals surface area contributed by atoms with E-state index in [2.05, 4.69) is 0 Å². The second-order valence-corrected chi connectivity index (χ2v) is 3.03. The van der Waals surface area contributed by atoms with Gasteiger partial charge in [0.25, 0.3) is 0 Å². The molecule has 0 saturated heterocycles. The molecule has 0 amide bonds. The van der Waals surface area contributed by atoms with Crippen molar-refractivity contribution in [1.29, 1.82) is 0 Å². The van der Waals surface area contributed by atoms with Gasteiger partial charge >= 0.3 is 0 Å². The molecule has 0 unspecified atom stereocenters. The van der Waals surface area contributed by atoms with E-state index in [1.165, 1.54) is 18.2 Å². The highest BCUT2D eigenvalue weighted by Gasteiger charge is 2.14. The minimum Gasteiger partial charge on any atom is -0.324 e. The van der Waals surface area contributed by atoms with Crippen molar-refractivity contribution in [1.82, 2.24) is 0 Å². The van der Waals surface area contributed by atoms with Crippen molar-refractivity contribution in [2.45, 2.75) is 25.8 Å². The first kappa shape index (κ1) is 13.3. The second-order valence-electron chi connectivity index (χ2n) is 3.03. The zero-order valence-corrected chi connectivity index (χ0v) is 8.78. The molecule has 0 saturated carbocycles. The van der Waals surface area contributed by atoms with E-state index in [1.807, 2.05) is 6.92 Å². The minimum absolute atomic E-state index is 0. The molecule has 0 aliphatic rings. The summed E-state index contributed by atoms with van der Waals surface area (Å²) in [5.41, 5.74) is 5.63. The molecule has 14 heavy (non-hydrogen) atoms. The summed E-state index contributed by atoms with van der Waals surface area (Å²) in [4.78, 5) is 0. The van der Waals surface area contributed by atoms with Gasteiger partial charge in [0.2, 0.25) is 0 Å². The Hall–Kier alpha value is -0.670. The third kappa shape index (κ3) is 2.93. The third-order valence-corrected chi connectivity index (χ3v) is 1.97. The van der Waals surface area contributed by atoms with Crippen molar-refractivity contribution in [3.8, 4) is 0 Å². The third-order valence-electron chi connectivity index (χ3n) is 1.97.